The van der Waals surface area contributed by atoms with Crippen LogP contribution in [-0.4, -0.2) is 25.3 Å². The van der Waals surface area contributed by atoms with Crippen molar-refractivity contribution in [1.82, 2.24) is 4.90 Å². The first-order chi connectivity index (χ1) is 11.7. The molecular formula is C20H17N3O. The van der Waals surface area contributed by atoms with Crippen LogP contribution in [0.1, 0.15) is 5.56 Å². The van der Waals surface area contributed by atoms with Crippen LogP contribution in [-0.2, 0) is 0 Å². The molecule has 0 radical (unpaired) electrons. The highest BCUT2D eigenvalue weighted by Crippen LogP contribution is 2.42. The van der Waals surface area contributed by atoms with E-state index in [-0.39, 0.29) is 0 Å². The lowest BCUT2D eigenvalue weighted by molar-refractivity contribution is 0.586. The quantitative estimate of drug-likeness (QED) is 0.517. The van der Waals surface area contributed by atoms with Gasteiger partial charge >= 0.3 is 0 Å². The van der Waals surface area contributed by atoms with Crippen LogP contribution < -0.4 is 0 Å². The number of rotatable bonds is 4. The fraction of sp³-hybridized carbons (Fsp3) is 0.100. The highest BCUT2D eigenvalue weighted by Gasteiger charge is 2.22. The van der Waals surface area contributed by atoms with E-state index in [0.717, 1.165) is 16.7 Å². The molecule has 4 heteroatoms. The Hall–Kier alpha value is -3.32. The minimum Gasteiger partial charge on any atom is -0.436 e. The van der Waals surface area contributed by atoms with E-state index in [9.17, 15) is 5.26 Å². The fourth-order valence-electron chi connectivity index (χ4n) is 2.45. The van der Waals surface area contributed by atoms with Gasteiger partial charge in [-0.3, -0.25) is 0 Å². The molecule has 0 fully saturated rings. The maximum Gasteiger partial charge on any atom is 0.239 e. The van der Waals surface area contributed by atoms with Crippen molar-refractivity contribution >= 4 is 12.2 Å². The van der Waals surface area contributed by atoms with Gasteiger partial charge in [-0.1, -0.05) is 60.7 Å². The third-order valence-corrected chi connectivity index (χ3v) is 3.51. The molecule has 0 aliphatic carbocycles. The van der Waals surface area contributed by atoms with Crippen LogP contribution in [0.5, 0.6) is 0 Å². The average molecular weight is 315 g/mol. The van der Waals surface area contributed by atoms with Crippen LogP contribution in [0.3, 0.4) is 0 Å². The molecule has 4 nitrogen and oxygen atoms in total. The minimum absolute atomic E-state index is 0.323. The van der Waals surface area contributed by atoms with E-state index in [1.807, 2.05) is 74.8 Å². The molecule has 0 bridgehead atoms. The molecule has 0 amide bonds. The lowest BCUT2D eigenvalue weighted by Crippen LogP contribution is -2.06. The molecule has 0 aliphatic rings. The van der Waals surface area contributed by atoms with Crippen LogP contribution >= 0.6 is 0 Å². The summed E-state index contributed by atoms with van der Waals surface area (Å²) in [6.45, 7) is 0. The van der Waals surface area contributed by atoms with Crippen LogP contribution in [0.2, 0.25) is 0 Å². The van der Waals surface area contributed by atoms with Crippen LogP contribution in [0.25, 0.3) is 22.5 Å². The summed E-state index contributed by atoms with van der Waals surface area (Å²) in [4.78, 5) is 6.12. The lowest BCUT2D eigenvalue weighted by atomic mass is 9.98. The third-order valence-electron chi connectivity index (χ3n) is 3.51. The maximum atomic E-state index is 9.69. The van der Waals surface area contributed by atoms with E-state index in [1.54, 1.807) is 11.2 Å². The summed E-state index contributed by atoms with van der Waals surface area (Å²) in [5, 5.41) is 9.69. The smallest absolute Gasteiger partial charge is 0.239 e. The number of hydrogen-bond acceptors (Lipinski definition) is 3. The molecule has 1 heterocycles. The summed E-state index contributed by atoms with van der Waals surface area (Å²) >= 11 is 0. The summed E-state index contributed by atoms with van der Waals surface area (Å²) in [5.41, 5.74) is 3.07. The van der Waals surface area contributed by atoms with Crippen LogP contribution in [0.15, 0.2) is 70.1 Å². The largest absolute Gasteiger partial charge is 0.436 e. The summed E-state index contributed by atoms with van der Waals surface area (Å²) in [5.74, 6) is 0.980. The molecule has 24 heavy (non-hydrogen) atoms. The van der Waals surface area contributed by atoms with E-state index in [4.69, 9.17) is 4.42 Å². The number of nitrogens with zero attached hydrogens (tertiary/aromatic N) is 3. The average Bonchev–Trinajstić information content (AvgIpc) is 3.00. The van der Waals surface area contributed by atoms with Gasteiger partial charge in [-0.05, 0) is 5.56 Å². The topological polar surface area (TPSA) is 52.5 Å². The summed E-state index contributed by atoms with van der Waals surface area (Å²) < 4.78 is 5.98. The molecular weight excluding hydrogens is 298 g/mol. The molecule has 118 valence electrons. The summed E-state index contributed by atoms with van der Waals surface area (Å²) in [7, 11) is 3.74. The first-order valence-electron chi connectivity index (χ1n) is 7.59. The molecule has 0 saturated carbocycles. The Bertz CT molecular complexity index is 888. The number of furan rings is 1. The second-order valence-corrected chi connectivity index (χ2v) is 5.54. The Labute approximate surface area is 141 Å². The fourth-order valence-corrected chi connectivity index (χ4v) is 2.45. The van der Waals surface area contributed by atoms with Gasteiger partial charge < -0.3 is 9.32 Å². The van der Waals surface area contributed by atoms with Gasteiger partial charge in [-0.2, -0.15) is 5.26 Å². The molecule has 0 N–H and O–H groups in total. The van der Waals surface area contributed by atoms with Crippen molar-refractivity contribution < 1.29 is 4.42 Å². The van der Waals surface area contributed by atoms with Gasteiger partial charge in [0.1, 0.15) is 17.4 Å². The Morgan fingerprint density at radius 1 is 0.958 bits per heavy atom. The molecule has 0 saturated heterocycles. The zero-order chi connectivity index (χ0) is 16.9. The van der Waals surface area contributed by atoms with E-state index in [0.29, 0.717) is 17.2 Å². The van der Waals surface area contributed by atoms with Crippen molar-refractivity contribution in [3.63, 3.8) is 0 Å². The van der Waals surface area contributed by atoms with Gasteiger partial charge in [0.25, 0.3) is 0 Å². The van der Waals surface area contributed by atoms with E-state index < -0.39 is 0 Å². The predicted octanol–water partition coefficient (Wildman–Crippen LogP) is 4.71. The molecule has 3 rings (SSSR count). The summed E-state index contributed by atoms with van der Waals surface area (Å²) in [6.07, 6.45) is 1.63. The van der Waals surface area contributed by atoms with E-state index in [2.05, 4.69) is 11.1 Å². The monoisotopic (exact) mass is 315 g/mol. The van der Waals surface area contributed by atoms with Crippen molar-refractivity contribution in [3.05, 3.63) is 66.2 Å². The van der Waals surface area contributed by atoms with Crippen LogP contribution in [0, 0.1) is 11.3 Å². The predicted molar refractivity (Wildman–Crippen MR) is 96.1 cm³/mol. The number of benzene rings is 2. The molecule has 0 unspecified atom stereocenters. The zero-order valence-corrected chi connectivity index (χ0v) is 13.6. The van der Waals surface area contributed by atoms with Crippen molar-refractivity contribution in [3.8, 4) is 28.5 Å². The number of hydrogen-bond donors (Lipinski definition) is 0. The van der Waals surface area contributed by atoms with Gasteiger partial charge in [0.15, 0.2) is 0 Å². The lowest BCUT2D eigenvalue weighted by Gasteiger charge is -2.03. The standard InChI is InChI=1S/C20H17N3O/c1-23(2)14-22-20-17(13-21)18(15-9-5-3-6-10-15)19(24-20)16-11-7-4-8-12-16/h3-12,14H,1-2H3. The van der Waals surface area contributed by atoms with Gasteiger partial charge in [0, 0.05) is 25.2 Å². The Morgan fingerprint density at radius 2 is 1.54 bits per heavy atom. The SMILES string of the molecule is CN(C)C=Nc1oc(-c2ccccc2)c(-c2ccccc2)c1C#N. The highest BCUT2D eigenvalue weighted by molar-refractivity contribution is 5.88. The zero-order valence-electron chi connectivity index (χ0n) is 13.6. The Morgan fingerprint density at radius 3 is 2.08 bits per heavy atom. The first-order valence-corrected chi connectivity index (χ1v) is 7.59. The molecule has 0 spiro atoms. The minimum atomic E-state index is 0.323. The normalized spacial score (nSPS) is 10.7. The molecule has 0 aliphatic heterocycles. The summed E-state index contributed by atoms with van der Waals surface area (Å²) in [6, 6.07) is 21.8. The Balaban J connectivity index is 2.26. The van der Waals surface area contributed by atoms with Gasteiger partial charge in [-0.15, -0.1) is 0 Å². The van der Waals surface area contributed by atoms with Crippen molar-refractivity contribution in [2.24, 2.45) is 4.99 Å². The van der Waals surface area contributed by atoms with E-state index >= 15 is 0 Å². The Kier molecular flexibility index (Phi) is 4.44. The molecule has 1 aromatic heterocycles. The first kappa shape index (κ1) is 15.6. The molecule has 3 aromatic rings. The second kappa shape index (κ2) is 6.84. The van der Waals surface area contributed by atoms with Crippen molar-refractivity contribution in [2.45, 2.75) is 0 Å². The second-order valence-electron chi connectivity index (χ2n) is 5.54. The van der Waals surface area contributed by atoms with Crippen LogP contribution in [0.4, 0.5) is 5.88 Å². The highest BCUT2D eigenvalue weighted by atomic mass is 16.4. The van der Waals surface area contributed by atoms with Gasteiger partial charge in [-0.25, -0.2) is 4.99 Å². The van der Waals surface area contributed by atoms with Gasteiger partial charge in [0.2, 0.25) is 5.88 Å². The van der Waals surface area contributed by atoms with Crippen molar-refractivity contribution in [1.29, 1.82) is 5.26 Å². The van der Waals surface area contributed by atoms with Gasteiger partial charge in [0.05, 0.1) is 6.34 Å². The molecule has 0 atom stereocenters. The molecule has 2 aromatic carbocycles. The third kappa shape index (κ3) is 3.06. The van der Waals surface area contributed by atoms with E-state index in [1.165, 1.54) is 0 Å². The number of nitriles is 1. The maximum absolute atomic E-state index is 9.69. The van der Waals surface area contributed by atoms with Crippen molar-refractivity contribution in [2.75, 3.05) is 14.1 Å². The number of aliphatic imine (C=N–C) groups is 1.